The van der Waals surface area contributed by atoms with Crippen LogP contribution >= 0.6 is 11.6 Å². The molecule has 0 N–H and O–H groups in total. The Labute approximate surface area is 186 Å². The van der Waals surface area contributed by atoms with Gasteiger partial charge in [-0.2, -0.15) is 0 Å². The summed E-state index contributed by atoms with van der Waals surface area (Å²) in [6.07, 6.45) is 0. The molecule has 0 bridgehead atoms. The average molecular weight is 449 g/mol. The van der Waals surface area contributed by atoms with Crippen LogP contribution in [0.4, 0.5) is 14.5 Å². The van der Waals surface area contributed by atoms with E-state index < -0.39 is 0 Å². The molecule has 0 radical (unpaired) electrons. The number of hydrogen-bond acceptors (Lipinski definition) is 4. The number of halogens is 3. The Kier molecular flexibility index (Phi) is 7.05. The number of anilines is 1. The molecule has 4 rings (SSSR count). The largest absolute Gasteiger partial charge is 0.369 e. The SMILES string of the molecule is O=C(CN1CCN(c2ccc(F)cc2)CC1)N1CCN(Cc2c(F)cccc2Cl)CC1. The third-order valence-electron chi connectivity index (χ3n) is 6.09. The Morgan fingerprint density at radius 2 is 1.48 bits per heavy atom. The summed E-state index contributed by atoms with van der Waals surface area (Å²) in [5, 5.41) is 0.443. The fourth-order valence-corrected chi connectivity index (χ4v) is 4.39. The second kappa shape index (κ2) is 9.94. The second-order valence-corrected chi connectivity index (χ2v) is 8.50. The standard InChI is InChI=1S/C23H27ClF2N4O/c24-21-2-1-3-22(26)20(21)16-27-10-14-30(15-11-27)23(31)17-28-8-12-29(13-9-28)19-6-4-18(25)5-7-19/h1-7H,8-17H2. The van der Waals surface area contributed by atoms with E-state index >= 15 is 0 Å². The third kappa shape index (κ3) is 5.53. The van der Waals surface area contributed by atoms with Crippen molar-refractivity contribution in [1.82, 2.24) is 14.7 Å². The lowest BCUT2D eigenvalue weighted by Crippen LogP contribution is -2.53. The number of amides is 1. The highest BCUT2D eigenvalue weighted by Crippen LogP contribution is 2.21. The lowest BCUT2D eigenvalue weighted by Gasteiger charge is -2.38. The summed E-state index contributed by atoms with van der Waals surface area (Å²) in [7, 11) is 0. The van der Waals surface area contributed by atoms with Gasteiger partial charge < -0.3 is 9.80 Å². The topological polar surface area (TPSA) is 30.0 Å². The van der Waals surface area contributed by atoms with Crippen LogP contribution in [0.5, 0.6) is 0 Å². The van der Waals surface area contributed by atoms with Crippen molar-refractivity contribution in [3.8, 4) is 0 Å². The summed E-state index contributed by atoms with van der Waals surface area (Å²) in [6.45, 7) is 6.79. The Bertz CT molecular complexity index is 875. The van der Waals surface area contributed by atoms with Gasteiger partial charge in [-0.3, -0.25) is 14.6 Å². The van der Waals surface area contributed by atoms with E-state index in [4.69, 9.17) is 11.6 Å². The molecule has 0 unspecified atom stereocenters. The molecule has 31 heavy (non-hydrogen) atoms. The van der Waals surface area contributed by atoms with Crippen molar-refractivity contribution in [1.29, 1.82) is 0 Å². The van der Waals surface area contributed by atoms with Gasteiger partial charge in [-0.1, -0.05) is 17.7 Å². The Hall–Kier alpha value is -2.22. The zero-order valence-corrected chi connectivity index (χ0v) is 18.2. The zero-order chi connectivity index (χ0) is 21.8. The fraction of sp³-hybridized carbons (Fsp3) is 0.435. The molecule has 0 aliphatic carbocycles. The summed E-state index contributed by atoms with van der Waals surface area (Å²) in [4.78, 5) is 21.2. The van der Waals surface area contributed by atoms with E-state index in [0.717, 1.165) is 31.9 Å². The molecular weight excluding hydrogens is 422 g/mol. The third-order valence-corrected chi connectivity index (χ3v) is 6.45. The minimum atomic E-state index is -0.286. The molecule has 2 aliphatic heterocycles. The maximum Gasteiger partial charge on any atom is 0.236 e. The van der Waals surface area contributed by atoms with Gasteiger partial charge >= 0.3 is 0 Å². The van der Waals surface area contributed by atoms with E-state index in [1.165, 1.54) is 18.2 Å². The van der Waals surface area contributed by atoms with Crippen LogP contribution < -0.4 is 4.90 Å². The first kappa shape index (κ1) is 22.0. The lowest BCUT2D eigenvalue weighted by molar-refractivity contribution is -0.134. The molecule has 0 aromatic heterocycles. The predicted molar refractivity (Wildman–Crippen MR) is 118 cm³/mol. The fourth-order valence-electron chi connectivity index (χ4n) is 4.17. The van der Waals surface area contributed by atoms with Crippen molar-refractivity contribution in [2.45, 2.75) is 6.54 Å². The number of nitrogens with zero attached hydrogens (tertiary/aromatic N) is 4. The molecule has 2 fully saturated rings. The lowest BCUT2D eigenvalue weighted by atomic mass is 10.1. The van der Waals surface area contributed by atoms with E-state index in [-0.39, 0.29) is 17.5 Å². The average Bonchev–Trinajstić information content (AvgIpc) is 2.78. The number of hydrogen-bond donors (Lipinski definition) is 0. The molecule has 2 saturated heterocycles. The minimum absolute atomic E-state index is 0.138. The van der Waals surface area contributed by atoms with Gasteiger partial charge in [0.2, 0.25) is 5.91 Å². The molecule has 5 nitrogen and oxygen atoms in total. The Balaban J connectivity index is 1.21. The van der Waals surface area contributed by atoms with E-state index in [9.17, 15) is 13.6 Å². The summed E-state index contributed by atoms with van der Waals surface area (Å²) in [5.41, 5.74) is 1.53. The summed E-state index contributed by atoms with van der Waals surface area (Å²) in [6, 6.07) is 11.3. The van der Waals surface area contributed by atoms with Gasteiger partial charge in [0.25, 0.3) is 0 Å². The van der Waals surface area contributed by atoms with E-state index in [1.54, 1.807) is 24.3 Å². The van der Waals surface area contributed by atoms with Crippen LogP contribution in [0.3, 0.4) is 0 Å². The van der Waals surface area contributed by atoms with Crippen LogP contribution in [0.15, 0.2) is 42.5 Å². The van der Waals surface area contributed by atoms with Crippen molar-refractivity contribution in [2.24, 2.45) is 0 Å². The normalized spacial score (nSPS) is 18.4. The van der Waals surface area contributed by atoms with Crippen LogP contribution in [-0.2, 0) is 11.3 Å². The molecule has 1 amide bonds. The van der Waals surface area contributed by atoms with Crippen LogP contribution in [0, 0.1) is 11.6 Å². The first-order valence-electron chi connectivity index (χ1n) is 10.7. The van der Waals surface area contributed by atoms with E-state index in [1.807, 2.05) is 4.90 Å². The minimum Gasteiger partial charge on any atom is -0.369 e. The number of piperazine rings is 2. The summed E-state index contributed by atoms with van der Waals surface area (Å²) < 4.78 is 27.1. The number of carbonyl (C=O) groups is 1. The van der Waals surface area contributed by atoms with Crippen molar-refractivity contribution in [3.63, 3.8) is 0 Å². The van der Waals surface area contributed by atoms with Gasteiger partial charge in [0.05, 0.1) is 6.54 Å². The number of carbonyl (C=O) groups excluding carboxylic acids is 1. The van der Waals surface area contributed by atoms with Crippen LogP contribution in [0.25, 0.3) is 0 Å². The molecule has 2 aliphatic rings. The highest BCUT2D eigenvalue weighted by Gasteiger charge is 2.25. The Morgan fingerprint density at radius 1 is 0.839 bits per heavy atom. The van der Waals surface area contributed by atoms with Crippen molar-refractivity contribution < 1.29 is 13.6 Å². The highest BCUT2D eigenvalue weighted by molar-refractivity contribution is 6.31. The first-order chi connectivity index (χ1) is 15.0. The summed E-state index contributed by atoms with van der Waals surface area (Å²) >= 11 is 6.14. The smallest absolute Gasteiger partial charge is 0.236 e. The molecule has 0 spiro atoms. The quantitative estimate of drug-likeness (QED) is 0.703. The van der Waals surface area contributed by atoms with Crippen LogP contribution in [0.1, 0.15) is 5.56 Å². The first-order valence-corrected chi connectivity index (χ1v) is 11.0. The number of rotatable bonds is 5. The molecular formula is C23H27ClF2N4O. The summed E-state index contributed by atoms with van der Waals surface area (Å²) in [5.74, 6) is -0.380. The molecule has 2 heterocycles. The maximum atomic E-state index is 14.0. The zero-order valence-electron chi connectivity index (χ0n) is 17.4. The van der Waals surface area contributed by atoms with Crippen molar-refractivity contribution >= 4 is 23.2 Å². The van der Waals surface area contributed by atoms with Gasteiger partial charge in [0.15, 0.2) is 0 Å². The molecule has 2 aromatic carbocycles. The van der Waals surface area contributed by atoms with Gasteiger partial charge in [-0.15, -0.1) is 0 Å². The van der Waals surface area contributed by atoms with E-state index in [0.29, 0.717) is 49.9 Å². The predicted octanol–water partition coefficient (Wildman–Crippen LogP) is 3.08. The Morgan fingerprint density at radius 3 is 2.13 bits per heavy atom. The van der Waals surface area contributed by atoms with Crippen molar-refractivity contribution in [3.05, 3.63) is 64.7 Å². The van der Waals surface area contributed by atoms with Crippen LogP contribution in [0.2, 0.25) is 5.02 Å². The monoisotopic (exact) mass is 448 g/mol. The van der Waals surface area contributed by atoms with Crippen molar-refractivity contribution in [2.75, 3.05) is 63.8 Å². The second-order valence-electron chi connectivity index (χ2n) is 8.10. The highest BCUT2D eigenvalue weighted by atomic mass is 35.5. The maximum absolute atomic E-state index is 14.0. The van der Waals surface area contributed by atoms with Gasteiger partial charge in [-0.05, 0) is 36.4 Å². The molecule has 166 valence electrons. The van der Waals surface area contributed by atoms with Gasteiger partial charge in [-0.25, -0.2) is 8.78 Å². The van der Waals surface area contributed by atoms with Gasteiger partial charge in [0, 0.05) is 75.2 Å². The van der Waals surface area contributed by atoms with Crippen LogP contribution in [-0.4, -0.2) is 79.5 Å². The van der Waals surface area contributed by atoms with E-state index in [2.05, 4.69) is 14.7 Å². The number of benzene rings is 2. The molecule has 8 heteroatoms. The molecule has 2 aromatic rings. The van der Waals surface area contributed by atoms with Gasteiger partial charge in [0.1, 0.15) is 11.6 Å². The molecule has 0 atom stereocenters. The molecule has 0 saturated carbocycles.